The van der Waals surface area contributed by atoms with E-state index >= 15 is 0 Å². The number of halogens is 1. The molecule has 0 unspecified atom stereocenters. The summed E-state index contributed by atoms with van der Waals surface area (Å²) in [4.78, 5) is 15.5. The molecule has 0 spiro atoms. The summed E-state index contributed by atoms with van der Waals surface area (Å²) < 4.78 is 10.8. The first-order valence-electron chi connectivity index (χ1n) is 10.4. The van der Waals surface area contributed by atoms with Gasteiger partial charge >= 0.3 is 0 Å². The number of ether oxygens (including phenoxy) is 2. The second kappa shape index (κ2) is 6.83. The summed E-state index contributed by atoms with van der Waals surface area (Å²) in [5.74, 6) is 2.72. The minimum Gasteiger partial charge on any atom is -0.495 e. The molecule has 30 heavy (non-hydrogen) atoms. The summed E-state index contributed by atoms with van der Waals surface area (Å²) in [5, 5.41) is 16.5. The number of hydrogen-bond donors (Lipinski definition) is 1. The lowest BCUT2D eigenvalue weighted by Gasteiger charge is -2.60. The van der Waals surface area contributed by atoms with Gasteiger partial charge in [0.2, 0.25) is 5.91 Å². The van der Waals surface area contributed by atoms with Gasteiger partial charge in [0, 0.05) is 12.1 Å². The highest BCUT2D eigenvalue weighted by atomic mass is 35.5. The predicted octanol–water partition coefficient (Wildman–Crippen LogP) is 3.59. The van der Waals surface area contributed by atoms with Gasteiger partial charge in [0.25, 0.3) is 0 Å². The first-order valence-corrected chi connectivity index (χ1v) is 10.7. The van der Waals surface area contributed by atoms with Gasteiger partial charge in [-0.15, -0.1) is 10.2 Å². The second-order valence-corrected chi connectivity index (χ2v) is 9.64. The van der Waals surface area contributed by atoms with Crippen LogP contribution in [0.2, 0.25) is 5.02 Å². The fourth-order valence-corrected chi connectivity index (χ4v) is 6.64. The largest absolute Gasteiger partial charge is 0.495 e. The third-order valence-electron chi connectivity index (χ3n) is 7.17. The average molecular weight is 432 g/mol. The standard InChI is InChI=1S/C21H26ClN5O3/c1-12-24-26-27(25-12)21-9-13-4-14(10-21)8-20(7-13,11-21)19(28)23-16-6-17(29-2)15(22)5-18(16)30-3/h5-6,13-14H,4,7-11H2,1-3H3,(H,23,28)/t13-,14-,20?,21?/m0/s1. The van der Waals surface area contributed by atoms with Crippen LogP contribution in [0.1, 0.15) is 44.3 Å². The summed E-state index contributed by atoms with van der Waals surface area (Å²) in [7, 11) is 3.11. The molecule has 1 N–H and O–H groups in total. The Kier molecular flexibility index (Phi) is 4.47. The van der Waals surface area contributed by atoms with Crippen LogP contribution >= 0.6 is 11.6 Å². The molecule has 0 radical (unpaired) electrons. The van der Waals surface area contributed by atoms with Crippen LogP contribution < -0.4 is 14.8 Å². The SMILES string of the molecule is COc1cc(NC(=O)C23C[C@@H]4C[C@@H](C2)CC(n2nnc(C)n2)(C4)C3)c(OC)cc1Cl. The maximum Gasteiger partial charge on any atom is 0.230 e. The van der Waals surface area contributed by atoms with Gasteiger partial charge in [-0.2, -0.15) is 4.80 Å². The summed E-state index contributed by atoms with van der Waals surface area (Å²) >= 11 is 6.22. The van der Waals surface area contributed by atoms with E-state index in [1.807, 2.05) is 6.92 Å². The number of nitrogens with one attached hydrogen (secondary N) is 1. The third kappa shape index (κ3) is 2.95. The Morgan fingerprint density at radius 1 is 1.17 bits per heavy atom. The molecule has 6 rings (SSSR count). The van der Waals surface area contributed by atoms with Gasteiger partial charge in [-0.05, 0) is 62.5 Å². The average Bonchev–Trinajstić information content (AvgIpc) is 3.15. The molecule has 8 nitrogen and oxygen atoms in total. The van der Waals surface area contributed by atoms with Crippen molar-refractivity contribution in [3.8, 4) is 11.5 Å². The Morgan fingerprint density at radius 2 is 1.87 bits per heavy atom. The number of aromatic nitrogens is 4. The minimum absolute atomic E-state index is 0.0282. The molecule has 9 heteroatoms. The van der Waals surface area contributed by atoms with Gasteiger partial charge in [0.1, 0.15) is 11.5 Å². The highest BCUT2D eigenvalue weighted by Gasteiger charge is 2.62. The van der Waals surface area contributed by atoms with E-state index in [1.165, 1.54) is 6.42 Å². The lowest BCUT2D eigenvalue weighted by molar-refractivity contribution is -0.152. The molecule has 4 aliphatic rings. The Hall–Kier alpha value is -2.35. The van der Waals surface area contributed by atoms with Gasteiger partial charge in [0.05, 0.1) is 35.9 Å². The monoisotopic (exact) mass is 431 g/mol. The van der Waals surface area contributed by atoms with E-state index in [9.17, 15) is 4.79 Å². The topological polar surface area (TPSA) is 91.2 Å². The predicted molar refractivity (Wildman–Crippen MR) is 111 cm³/mol. The molecule has 160 valence electrons. The normalized spacial score (nSPS) is 31.6. The van der Waals surface area contributed by atoms with Gasteiger partial charge in [-0.25, -0.2) is 0 Å². The van der Waals surface area contributed by atoms with Crippen molar-refractivity contribution in [3.05, 3.63) is 23.0 Å². The zero-order chi connectivity index (χ0) is 21.1. The molecule has 4 aliphatic carbocycles. The molecule has 1 heterocycles. The van der Waals surface area contributed by atoms with Crippen LogP contribution in [0.5, 0.6) is 11.5 Å². The van der Waals surface area contributed by atoms with E-state index in [0.29, 0.717) is 39.9 Å². The smallest absolute Gasteiger partial charge is 0.230 e. The Balaban J connectivity index is 1.48. The number of nitrogens with zero attached hydrogens (tertiary/aromatic N) is 4. The number of rotatable bonds is 5. The number of amides is 1. The van der Waals surface area contributed by atoms with E-state index in [0.717, 1.165) is 32.1 Å². The van der Waals surface area contributed by atoms with E-state index in [-0.39, 0.29) is 11.4 Å². The minimum atomic E-state index is -0.441. The van der Waals surface area contributed by atoms with Crippen molar-refractivity contribution in [1.82, 2.24) is 20.2 Å². The van der Waals surface area contributed by atoms with Crippen molar-refractivity contribution in [2.24, 2.45) is 17.3 Å². The van der Waals surface area contributed by atoms with E-state index in [4.69, 9.17) is 21.1 Å². The first kappa shape index (κ1) is 19.6. The fraction of sp³-hybridized carbons (Fsp3) is 0.619. The fourth-order valence-electron chi connectivity index (χ4n) is 6.41. The lowest BCUT2D eigenvalue weighted by Crippen LogP contribution is -2.60. The summed E-state index contributed by atoms with van der Waals surface area (Å²) in [5.41, 5.74) is -0.0863. The molecule has 2 aromatic rings. The van der Waals surface area contributed by atoms with Gasteiger partial charge in [-0.3, -0.25) is 4.79 Å². The third-order valence-corrected chi connectivity index (χ3v) is 7.47. The molecule has 1 aromatic carbocycles. The summed E-state index contributed by atoms with van der Waals surface area (Å²) in [6.07, 6.45) is 5.76. The Bertz CT molecular complexity index is 993. The molecular weight excluding hydrogens is 406 g/mol. The van der Waals surface area contributed by atoms with Gasteiger partial charge < -0.3 is 14.8 Å². The Labute approximate surface area is 180 Å². The van der Waals surface area contributed by atoms with Gasteiger partial charge in [-0.1, -0.05) is 11.6 Å². The molecule has 1 amide bonds. The van der Waals surface area contributed by atoms with Crippen molar-refractivity contribution in [3.63, 3.8) is 0 Å². The number of carbonyl (C=O) groups excluding carboxylic acids is 1. The quantitative estimate of drug-likeness (QED) is 0.777. The number of aryl methyl sites for hydroxylation is 1. The Morgan fingerprint density at radius 3 is 2.47 bits per heavy atom. The number of benzene rings is 1. The molecule has 4 saturated carbocycles. The number of carbonyl (C=O) groups is 1. The van der Waals surface area contributed by atoms with Crippen LogP contribution in [0.25, 0.3) is 0 Å². The summed E-state index contributed by atoms with van der Waals surface area (Å²) in [6.45, 7) is 1.85. The number of tetrazole rings is 1. The highest BCUT2D eigenvalue weighted by molar-refractivity contribution is 6.32. The first-order chi connectivity index (χ1) is 14.4. The zero-order valence-electron chi connectivity index (χ0n) is 17.4. The van der Waals surface area contributed by atoms with Crippen molar-refractivity contribution in [2.45, 2.75) is 51.0 Å². The maximum atomic E-state index is 13.7. The van der Waals surface area contributed by atoms with Crippen molar-refractivity contribution in [2.75, 3.05) is 19.5 Å². The highest BCUT2D eigenvalue weighted by Crippen LogP contribution is 2.64. The van der Waals surface area contributed by atoms with Crippen molar-refractivity contribution in [1.29, 1.82) is 0 Å². The molecule has 1 aromatic heterocycles. The maximum absolute atomic E-state index is 13.7. The van der Waals surface area contributed by atoms with E-state index < -0.39 is 5.41 Å². The van der Waals surface area contributed by atoms with Crippen LogP contribution in [0.15, 0.2) is 12.1 Å². The molecular formula is C21H26ClN5O3. The molecule has 2 atom stereocenters. The molecule has 0 saturated heterocycles. The van der Waals surface area contributed by atoms with Crippen molar-refractivity contribution >= 4 is 23.2 Å². The molecule has 4 bridgehead atoms. The zero-order valence-corrected chi connectivity index (χ0v) is 18.2. The van der Waals surface area contributed by atoms with Crippen LogP contribution in [0.3, 0.4) is 0 Å². The van der Waals surface area contributed by atoms with Gasteiger partial charge in [0.15, 0.2) is 5.82 Å². The molecule has 0 aliphatic heterocycles. The second-order valence-electron chi connectivity index (χ2n) is 9.23. The number of anilines is 1. The number of methoxy groups -OCH3 is 2. The van der Waals surface area contributed by atoms with Crippen molar-refractivity contribution < 1.29 is 14.3 Å². The van der Waals surface area contributed by atoms with Crippen LogP contribution in [0, 0.1) is 24.2 Å². The van der Waals surface area contributed by atoms with Crippen LogP contribution in [0.4, 0.5) is 5.69 Å². The number of hydrogen-bond acceptors (Lipinski definition) is 6. The van der Waals surface area contributed by atoms with E-state index in [1.54, 1.807) is 31.1 Å². The molecule has 4 fully saturated rings. The summed E-state index contributed by atoms with van der Waals surface area (Å²) in [6, 6.07) is 3.39. The van der Waals surface area contributed by atoms with Crippen LogP contribution in [-0.4, -0.2) is 40.3 Å². The lowest BCUT2D eigenvalue weighted by atomic mass is 9.46. The van der Waals surface area contributed by atoms with Crippen LogP contribution in [-0.2, 0) is 10.3 Å². The van der Waals surface area contributed by atoms with E-state index in [2.05, 4.69) is 20.7 Å².